The molecule has 0 bridgehead atoms. The van der Waals surface area contributed by atoms with Crippen molar-refractivity contribution in [2.75, 3.05) is 13.2 Å². The quantitative estimate of drug-likeness (QED) is 0.569. The fourth-order valence-electron chi connectivity index (χ4n) is 1.88. The van der Waals surface area contributed by atoms with Crippen molar-refractivity contribution in [3.05, 3.63) is 48.6 Å². The molecule has 3 nitrogen and oxygen atoms in total. The van der Waals surface area contributed by atoms with Crippen molar-refractivity contribution in [2.24, 2.45) is 0 Å². The van der Waals surface area contributed by atoms with Gasteiger partial charge in [0.25, 0.3) is 0 Å². The number of esters is 1. The van der Waals surface area contributed by atoms with Crippen LogP contribution in [0.3, 0.4) is 0 Å². The van der Waals surface area contributed by atoms with Crippen molar-refractivity contribution in [1.29, 1.82) is 0 Å². The number of hydrogen-bond acceptors (Lipinski definition) is 3. The summed E-state index contributed by atoms with van der Waals surface area (Å²) in [5.41, 5.74) is 1.20. The van der Waals surface area contributed by atoms with E-state index in [-0.39, 0.29) is 12.0 Å². The standard InChI is InChI=1S/C13H15NO2/c1-2-12-13(15)16-9-8-14(12)10-11-6-4-3-5-7-11/h2-7,12H,1,8-10H2/t12-/m0/s1. The minimum atomic E-state index is -0.311. The van der Waals surface area contributed by atoms with Crippen LogP contribution in [-0.2, 0) is 16.1 Å². The van der Waals surface area contributed by atoms with Crippen LogP contribution < -0.4 is 0 Å². The second-order valence-corrected chi connectivity index (χ2v) is 3.80. The smallest absolute Gasteiger partial charge is 0.327 e. The number of benzene rings is 1. The lowest BCUT2D eigenvalue weighted by Gasteiger charge is -2.32. The molecule has 0 unspecified atom stereocenters. The van der Waals surface area contributed by atoms with E-state index in [1.807, 2.05) is 18.2 Å². The molecule has 3 heteroatoms. The molecule has 1 aliphatic rings. The average molecular weight is 217 g/mol. The Morgan fingerprint density at radius 1 is 1.44 bits per heavy atom. The van der Waals surface area contributed by atoms with Crippen LogP contribution in [0.15, 0.2) is 43.0 Å². The number of rotatable bonds is 3. The zero-order chi connectivity index (χ0) is 11.4. The number of cyclic esters (lactones) is 1. The predicted octanol–water partition coefficient (Wildman–Crippen LogP) is 1.60. The van der Waals surface area contributed by atoms with Crippen molar-refractivity contribution in [1.82, 2.24) is 4.90 Å². The molecule has 1 atom stereocenters. The highest BCUT2D eigenvalue weighted by molar-refractivity contribution is 5.78. The Labute approximate surface area is 95.3 Å². The molecule has 1 fully saturated rings. The first kappa shape index (κ1) is 10.9. The molecule has 0 saturated carbocycles. The van der Waals surface area contributed by atoms with E-state index in [0.29, 0.717) is 6.61 Å². The maximum Gasteiger partial charge on any atom is 0.327 e. The van der Waals surface area contributed by atoms with Gasteiger partial charge >= 0.3 is 5.97 Å². The summed E-state index contributed by atoms with van der Waals surface area (Å²) in [7, 11) is 0. The zero-order valence-electron chi connectivity index (χ0n) is 9.13. The third kappa shape index (κ3) is 2.31. The number of carbonyl (C=O) groups is 1. The van der Waals surface area contributed by atoms with Gasteiger partial charge in [-0.25, -0.2) is 0 Å². The van der Waals surface area contributed by atoms with Crippen molar-refractivity contribution < 1.29 is 9.53 Å². The van der Waals surface area contributed by atoms with E-state index in [1.54, 1.807) is 6.08 Å². The van der Waals surface area contributed by atoms with Gasteiger partial charge in [-0.3, -0.25) is 9.69 Å². The molecule has 0 aromatic heterocycles. The normalized spacial score (nSPS) is 21.5. The van der Waals surface area contributed by atoms with Gasteiger partial charge in [-0.15, -0.1) is 6.58 Å². The number of hydrogen-bond donors (Lipinski definition) is 0. The van der Waals surface area contributed by atoms with Crippen LogP contribution in [0, 0.1) is 0 Å². The molecule has 1 aromatic rings. The fraction of sp³-hybridized carbons (Fsp3) is 0.308. The van der Waals surface area contributed by atoms with E-state index in [9.17, 15) is 4.79 Å². The lowest BCUT2D eigenvalue weighted by Crippen LogP contribution is -2.47. The highest BCUT2D eigenvalue weighted by atomic mass is 16.5. The number of nitrogens with zero attached hydrogens (tertiary/aromatic N) is 1. The van der Waals surface area contributed by atoms with Crippen LogP contribution >= 0.6 is 0 Å². The van der Waals surface area contributed by atoms with Gasteiger partial charge in [0.2, 0.25) is 0 Å². The van der Waals surface area contributed by atoms with Gasteiger partial charge in [-0.05, 0) is 5.56 Å². The van der Waals surface area contributed by atoms with Crippen LogP contribution in [-0.4, -0.2) is 30.1 Å². The Morgan fingerprint density at radius 2 is 2.19 bits per heavy atom. The molecule has 0 amide bonds. The summed E-state index contributed by atoms with van der Waals surface area (Å²) in [5, 5.41) is 0. The maximum atomic E-state index is 11.5. The lowest BCUT2D eigenvalue weighted by molar-refractivity contribution is -0.155. The second kappa shape index (κ2) is 4.94. The van der Waals surface area contributed by atoms with E-state index in [0.717, 1.165) is 13.1 Å². The van der Waals surface area contributed by atoms with Crippen LogP contribution in [0.2, 0.25) is 0 Å². The van der Waals surface area contributed by atoms with Gasteiger partial charge in [0.15, 0.2) is 0 Å². The summed E-state index contributed by atoms with van der Waals surface area (Å²) in [4.78, 5) is 13.6. The molecule has 0 radical (unpaired) electrons. The Hall–Kier alpha value is -1.61. The van der Waals surface area contributed by atoms with Gasteiger partial charge in [0.1, 0.15) is 12.6 Å². The fourth-order valence-corrected chi connectivity index (χ4v) is 1.88. The molecule has 1 saturated heterocycles. The van der Waals surface area contributed by atoms with Gasteiger partial charge in [0.05, 0.1) is 0 Å². The molecule has 1 aliphatic heterocycles. The van der Waals surface area contributed by atoms with Crippen molar-refractivity contribution in [3.8, 4) is 0 Å². The lowest BCUT2D eigenvalue weighted by atomic mass is 10.1. The molecule has 0 aliphatic carbocycles. The van der Waals surface area contributed by atoms with Gasteiger partial charge < -0.3 is 4.74 Å². The van der Waals surface area contributed by atoms with Gasteiger partial charge in [-0.2, -0.15) is 0 Å². The summed E-state index contributed by atoms with van der Waals surface area (Å²) in [5.74, 6) is -0.197. The molecular formula is C13H15NO2. The molecule has 84 valence electrons. The first-order valence-electron chi connectivity index (χ1n) is 5.38. The molecular weight excluding hydrogens is 202 g/mol. The first-order chi connectivity index (χ1) is 7.81. The minimum absolute atomic E-state index is 0.197. The largest absolute Gasteiger partial charge is 0.463 e. The van der Waals surface area contributed by atoms with Crippen LogP contribution in [0.5, 0.6) is 0 Å². The second-order valence-electron chi connectivity index (χ2n) is 3.80. The topological polar surface area (TPSA) is 29.5 Å². The van der Waals surface area contributed by atoms with E-state index in [1.165, 1.54) is 5.56 Å². The summed E-state index contributed by atoms with van der Waals surface area (Å²) in [6, 6.07) is 9.79. The summed E-state index contributed by atoms with van der Waals surface area (Å²) in [6.45, 7) is 5.67. The predicted molar refractivity (Wildman–Crippen MR) is 61.8 cm³/mol. The van der Waals surface area contributed by atoms with E-state index in [4.69, 9.17) is 4.74 Å². The zero-order valence-corrected chi connectivity index (χ0v) is 9.13. The molecule has 0 spiro atoms. The van der Waals surface area contributed by atoms with Gasteiger partial charge in [0, 0.05) is 13.1 Å². The highest BCUT2D eigenvalue weighted by Crippen LogP contribution is 2.13. The average Bonchev–Trinajstić information content (AvgIpc) is 2.31. The number of ether oxygens (including phenoxy) is 1. The summed E-state index contributed by atoms with van der Waals surface area (Å²) in [6.07, 6.45) is 1.64. The van der Waals surface area contributed by atoms with Crippen LogP contribution in [0.4, 0.5) is 0 Å². The number of carbonyl (C=O) groups excluding carboxylic acids is 1. The Bertz CT molecular complexity index is 375. The monoisotopic (exact) mass is 217 g/mol. The van der Waals surface area contributed by atoms with E-state index < -0.39 is 0 Å². The highest BCUT2D eigenvalue weighted by Gasteiger charge is 2.28. The molecule has 1 heterocycles. The molecule has 1 aromatic carbocycles. The third-order valence-electron chi connectivity index (χ3n) is 2.71. The van der Waals surface area contributed by atoms with Crippen molar-refractivity contribution in [3.63, 3.8) is 0 Å². The Kier molecular flexibility index (Phi) is 3.37. The SMILES string of the molecule is C=C[C@H]1C(=O)OCCN1Cc1ccccc1. The minimum Gasteiger partial charge on any atom is -0.463 e. The van der Waals surface area contributed by atoms with Crippen molar-refractivity contribution in [2.45, 2.75) is 12.6 Å². The molecule has 2 rings (SSSR count). The third-order valence-corrected chi connectivity index (χ3v) is 2.71. The van der Waals surface area contributed by atoms with E-state index in [2.05, 4.69) is 23.6 Å². The van der Waals surface area contributed by atoms with Crippen LogP contribution in [0.1, 0.15) is 5.56 Å². The van der Waals surface area contributed by atoms with Gasteiger partial charge in [-0.1, -0.05) is 36.4 Å². The summed E-state index contributed by atoms with van der Waals surface area (Å²) < 4.78 is 5.00. The Morgan fingerprint density at radius 3 is 2.88 bits per heavy atom. The molecule has 0 N–H and O–H groups in total. The van der Waals surface area contributed by atoms with E-state index >= 15 is 0 Å². The number of morpholine rings is 1. The first-order valence-corrected chi connectivity index (χ1v) is 5.38. The maximum absolute atomic E-state index is 11.5. The summed E-state index contributed by atoms with van der Waals surface area (Å²) >= 11 is 0. The molecule has 16 heavy (non-hydrogen) atoms. The Balaban J connectivity index is 2.08. The van der Waals surface area contributed by atoms with Crippen LogP contribution in [0.25, 0.3) is 0 Å². The van der Waals surface area contributed by atoms with Crippen molar-refractivity contribution >= 4 is 5.97 Å².